The summed E-state index contributed by atoms with van der Waals surface area (Å²) in [4.78, 5) is 3.75. The van der Waals surface area contributed by atoms with Gasteiger partial charge in [0.25, 0.3) is 0 Å². The molecule has 140 valence electrons. The van der Waals surface area contributed by atoms with Crippen LogP contribution in [0, 0.1) is 5.41 Å². The van der Waals surface area contributed by atoms with Crippen LogP contribution in [0.2, 0.25) is 0 Å². The number of aromatic amines is 1. The first-order valence-corrected chi connectivity index (χ1v) is 8.34. The third-order valence-corrected chi connectivity index (χ3v) is 4.19. The summed E-state index contributed by atoms with van der Waals surface area (Å²) < 4.78 is 39.6. The van der Waals surface area contributed by atoms with Gasteiger partial charge in [-0.1, -0.05) is 24.3 Å². The standard InChI is InChI=1S/C20H14F3N5/c21-20(22,23)17-9-7-15(24)19(27-17)18(26-14-4-2-1-3-5-14)12-6-8-16-13(10-12)11-25-28-16/h1-11,24,26H,(H,25,28)/b19-18+,24-15?. The second kappa shape index (κ2) is 6.80. The topological polar surface area (TPSA) is 76.9 Å². The molecule has 0 saturated carbocycles. The van der Waals surface area contributed by atoms with E-state index < -0.39 is 11.9 Å². The summed E-state index contributed by atoms with van der Waals surface area (Å²) in [6.45, 7) is 0. The molecule has 0 atom stereocenters. The Hall–Kier alpha value is -3.68. The highest BCUT2D eigenvalue weighted by Crippen LogP contribution is 2.30. The molecule has 3 N–H and O–H groups in total. The maximum Gasteiger partial charge on any atom is 0.433 e. The van der Waals surface area contributed by atoms with Gasteiger partial charge in [0.1, 0.15) is 11.4 Å². The number of nitrogens with one attached hydrogen (secondary N) is 3. The van der Waals surface area contributed by atoms with Crippen LogP contribution in [-0.4, -0.2) is 27.8 Å². The molecule has 2 heterocycles. The molecule has 3 aromatic rings. The number of alkyl halides is 3. The van der Waals surface area contributed by atoms with Crippen molar-refractivity contribution >= 4 is 33.7 Å². The van der Waals surface area contributed by atoms with Crippen LogP contribution in [0.5, 0.6) is 0 Å². The fraction of sp³-hybridized carbons (Fsp3) is 0.0500. The molecule has 0 amide bonds. The first-order chi connectivity index (χ1) is 13.4. The molecule has 5 nitrogen and oxygen atoms in total. The average Bonchev–Trinajstić information content (AvgIpc) is 3.14. The lowest BCUT2D eigenvalue weighted by atomic mass is 10.0. The maximum absolute atomic E-state index is 13.2. The number of halogens is 3. The first kappa shape index (κ1) is 17.7. The Morgan fingerprint density at radius 1 is 1.04 bits per heavy atom. The van der Waals surface area contributed by atoms with E-state index in [1.165, 1.54) is 0 Å². The number of benzene rings is 2. The van der Waals surface area contributed by atoms with Crippen molar-refractivity contribution in [3.63, 3.8) is 0 Å². The van der Waals surface area contributed by atoms with E-state index in [-0.39, 0.29) is 11.4 Å². The van der Waals surface area contributed by atoms with Gasteiger partial charge in [-0.15, -0.1) is 0 Å². The van der Waals surface area contributed by atoms with Crippen molar-refractivity contribution in [3.05, 3.63) is 78.1 Å². The molecular formula is C20H14F3N5. The van der Waals surface area contributed by atoms with E-state index in [9.17, 15) is 13.2 Å². The predicted octanol–water partition coefficient (Wildman–Crippen LogP) is 4.94. The van der Waals surface area contributed by atoms with Crippen molar-refractivity contribution < 1.29 is 13.2 Å². The van der Waals surface area contributed by atoms with Crippen LogP contribution in [0.25, 0.3) is 16.6 Å². The van der Waals surface area contributed by atoms with Crippen molar-refractivity contribution in [1.82, 2.24) is 10.2 Å². The highest BCUT2D eigenvalue weighted by molar-refractivity contribution is 6.20. The molecule has 28 heavy (non-hydrogen) atoms. The summed E-state index contributed by atoms with van der Waals surface area (Å²) in [5.74, 6) is 0. The van der Waals surface area contributed by atoms with Gasteiger partial charge in [0.05, 0.1) is 23.1 Å². The molecule has 1 aliphatic rings. The van der Waals surface area contributed by atoms with Crippen LogP contribution >= 0.6 is 0 Å². The van der Waals surface area contributed by atoms with Gasteiger partial charge in [0.15, 0.2) is 0 Å². The fourth-order valence-corrected chi connectivity index (χ4v) is 2.84. The van der Waals surface area contributed by atoms with Gasteiger partial charge < -0.3 is 5.32 Å². The number of dihydropyridines is 1. The van der Waals surface area contributed by atoms with Gasteiger partial charge in [-0.05, 0) is 36.4 Å². The quantitative estimate of drug-likeness (QED) is 0.601. The number of rotatable bonds is 3. The zero-order valence-corrected chi connectivity index (χ0v) is 14.4. The third-order valence-electron chi connectivity index (χ3n) is 4.19. The molecule has 0 unspecified atom stereocenters. The van der Waals surface area contributed by atoms with E-state index in [0.29, 0.717) is 16.9 Å². The Morgan fingerprint density at radius 3 is 2.57 bits per heavy atom. The Kier molecular flexibility index (Phi) is 4.31. The zero-order valence-electron chi connectivity index (χ0n) is 14.4. The van der Waals surface area contributed by atoms with Gasteiger partial charge in [-0.2, -0.15) is 18.3 Å². The molecule has 0 aliphatic carbocycles. The Balaban J connectivity index is 1.91. The predicted molar refractivity (Wildman–Crippen MR) is 103 cm³/mol. The van der Waals surface area contributed by atoms with Gasteiger partial charge >= 0.3 is 6.18 Å². The summed E-state index contributed by atoms with van der Waals surface area (Å²) in [6, 6.07) is 14.3. The number of H-pyrrole nitrogens is 1. The maximum atomic E-state index is 13.2. The molecular weight excluding hydrogens is 367 g/mol. The van der Waals surface area contributed by atoms with E-state index in [1.54, 1.807) is 48.7 Å². The Labute approximate surface area is 157 Å². The summed E-state index contributed by atoms with van der Waals surface area (Å²) in [7, 11) is 0. The molecule has 8 heteroatoms. The number of aromatic nitrogens is 2. The van der Waals surface area contributed by atoms with Crippen LogP contribution in [0.15, 0.2) is 77.6 Å². The molecule has 2 aromatic carbocycles. The molecule has 0 radical (unpaired) electrons. The van der Waals surface area contributed by atoms with Crippen molar-refractivity contribution in [2.24, 2.45) is 4.99 Å². The number of hydrogen-bond donors (Lipinski definition) is 3. The minimum Gasteiger partial charge on any atom is -0.353 e. The van der Waals surface area contributed by atoms with Crippen LogP contribution in [0.3, 0.4) is 0 Å². The normalized spacial score (nSPS) is 16.2. The summed E-state index contributed by atoms with van der Waals surface area (Å²) in [5, 5.41) is 18.9. The SMILES string of the molecule is N=C1C=CC(C(F)(F)F)=N/C1=C(/Nc1ccccc1)c1ccc2[nH]ncc2c1. The van der Waals surface area contributed by atoms with E-state index in [0.717, 1.165) is 23.1 Å². The Bertz CT molecular complexity index is 1140. The smallest absolute Gasteiger partial charge is 0.353 e. The number of allylic oxidation sites excluding steroid dienone is 2. The Morgan fingerprint density at radius 2 is 1.82 bits per heavy atom. The van der Waals surface area contributed by atoms with Gasteiger partial charge in [-0.25, -0.2) is 4.99 Å². The highest BCUT2D eigenvalue weighted by atomic mass is 19.4. The summed E-state index contributed by atoms with van der Waals surface area (Å²) in [5.41, 5.74) is 1.13. The van der Waals surface area contributed by atoms with Crippen LogP contribution in [-0.2, 0) is 0 Å². The van der Waals surface area contributed by atoms with Crippen LogP contribution in [0.4, 0.5) is 18.9 Å². The van der Waals surface area contributed by atoms with E-state index >= 15 is 0 Å². The zero-order chi connectivity index (χ0) is 19.7. The summed E-state index contributed by atoms with van der Waals surface area (Å²) in [6.07, 6.45) is -1.06. The van der Waals surface area contributed by atoms with E-state index in [4.69, 9.17) is 5.41 Å². The number of para-hydroxylation sites is 1. The van der Waals surface area contributed by atoms with E-state index in [2.05, 4.69) is 20.5 Å². The molecule has 0 spiro atoms. The average molecular weight is 381 g/mol. The second-order valence-electron chi connectivity index (χ2n) is 6.13. The van der Waals surface area contributed by atoms with Crippen LogP contribution < -0.4 is 5.32 Å². The molecule has 4 rings (SSSR count). The minimum atomic E-state index is -4.60. The number of anilines is 1. The molecule has 0 bridgehead atoms. The van der Waals surface area contributed by atoms with Gasteiger partial charge in [-0.3, -0.25) is 10.5 Å². The number of aliphatic imine (C=N–C) groups is 1. The van der Waals surface area contributed by atoms with Crippen molar-refractivity contribution in [3.8, 4) is 0 Å². The minimum absolute atomic E-state index is 0.0819. The monoisotopic (exact) mass is 381 g/mol. The summed E-state index contributed by atoms with van der Waals surface area (Å²) >= 11 is 0. The lowest BCUT2D eigenvalue weighted by Crippen LogP contribution is -2.24. The molecule has 0 saturated heterocycles. The van der Waals surface area contributed by atoms with Gasteiger partial charge in [0, 0.05) is 16.6 Å². The number of hydrogen-bond acceptors (Lipinski definition) is 4. The number of fused-ring (bicyclic) bond motifs is 1. The third kappa shape index (κ3) is 3.44. The van der Waals surface area contributed by atoms with Crippen molar-refractivity contribution in [1.29, 1.82) is 5.41 Å². The number of nitrogens with zero attached hydrogens (tertiary/aromatic N) is 2. The second-order valence-corrected chi connectivity index (χ2v) is 6.13. The molecule has 0 fully saturated rings. The lowest BCUT2D eigenvalue weighted by molar-refractivity contribution is -0.0577. The van der Waals surface area contributed by atoms with Crippen molar-refractivity contribution in [2.45, 2.75) is 6.18 Å². The van der Waals surface area contributed by atoms with E-state index in [1.807, 2.05) is 6.07 Å². The first-order valence-electron chi connectivity index (χ1n) is 8.34. The molecule has 1 aliphatic heterocycles. The van der Waals surface area contributed by atoms with Gasteiger partial charge in [0.2, 0.25) is 0 Å². The van der Waals surface area contributed by atoms with Crippen molar-refractivity contribution in [2.75, 3.05) is 5.32 Å². The van der Waals surface area contributed by atoms with Crippen LogP contribution in [0.1, 0.15) is 5.56 Å². The fourth-order valence-electron chi connectivity index (χ4n) is 2.84. The molecule has 1 aromatic heterocycles. The highest BCUT2D eigenvalue weighted by Gasteiger charge is 2.36. The lowest BCUT2D eigenvalue weighted by Gasteiger charge is -2.19. The largest absolute Gasteiger partial charge is 0.433 e.